The Kier molecular flexibility index (Phi) is 11.8. The largest absolute Gasteiger partial charge is 0.308 e. The molecule has 29 heavy (non-hydrogen) atoms. The molecule has 3 unspecified atom stereocenters. The second-order valence-electron chi connectivity index (χ2n) is 9.08. The van der Waals surface area contributed by atoms with Crippen LogP contribution in [0.15, 0.2) is 48.1 Å². The van der Waals surface area contributed by atoms with E-state index in [0.29, 0.717) is 11.3 Å². The molecular weight excluding hydrogens is 350 g/mol. The highest BCUT2D eigenvalue weighted by atomic mass is 14.5. The maximum Gasteiger partial charge on any atom is 0.0209 e. The van der Waals surface area contributed by atoms with E-state index in [0.717, 1.165) is 18.8 Å². The molecule has 0 aromatic carbocycles. The Morgan fingerprint density at radius 3 is 2.10 bits per heavy atom. The average Bonchev–Trinajstić information content (AvgIpc) is 3.08. The lowest BCUT2D eigenvalue weighted by atomic mass is 9.56. The maximum atomic E-state index is 7.79. The summed E-state index contributed by atoms with van der Waals surface area (Å²) in [5.74, 6) is 1.31. The molecule has 0 bridgehead atoms. The summed E-state index contributed by atoms with van der Waals surface area (Å²) in [5.41, 5.74) is 6.96. The van der Waals surface area contributed by atoms with Crippen molar-refractivity contribution in [2.45, 2.75) is 100 Å². The van der Waals surface area contributed by atoms with Crippen molar-refractivity contribution in [3.63, 3.8) is 0 Å². The van der Waals surface area contributed by atoms with Gasteiger partial charge in [-0.25, -0.2) is 0 Å². The first-order valence-corrected chi connectivity index (χ1v) is 11.8. The van der Waals surface area contributed by atoms with Gasteiger partial charge in [-0.05, 0) is 80.1 Å². The summed E-state index contributed by atoms with van der Waals surface area (Å²) in [7, 11) is 0. The molecule has 0 aromatic heterocycles. The van der Waals surface area contributed by atoms with Crippen molar-refractivity contribution in [2.75, 3.05) is 0 Å². The number of nitrogens with one attached hydrogen (secondary N) is 1. The predicted molar refractivity (Wildman–Crippen MR) is 134 cm³/mol. The van der Waals surface area contributed by atoms with Gasteiger partial charge in [-0.2, -0.15) is 0 Å². The number of hydrogen-bond acceptors (Lipinski definition) is 1. The summed E-state index contributed by atoms with van der Waals surface area (Å²) < 4.78 is 0. The molecule has 3 rings (SSSR count). The van der Waals surface area contributed by atoms with Crippen LogP contribution in [0.1, 0.15) is 100 Å². The van der Waals surface area contributed by atoms with Gasteiger partial charge >= 0.3 is 0 Å². The highest BCUT2D eigenvalue weighted by Gasteiger charge is 2.46. The van der Waals surface area contributed by atoms with Crippen LogP contribution >= 0.6 is 0 Å². The summed E-state index contributed by atoms with van der Waals surface area (Å²) in [5, 5.41) is 7.79. The molecular formula is C28H49N. The fourth-order valence-electron chi connectivity index (χ4n) is 5.63. The van der Waals surface area contributed by atoms with E-state index in [-0.39, 0.29) is 5.41 Å². The molecule has 3 aliphatic rings. The van der Waals surface area contributed by atoms with E-state index < -0.39 is 0 Å². The molecule has 0 saturated carbocycles. The van der Waals surface area contributed by atoms with Crippen molar-refractivity contribution in [1.82, 2.24) is 0 Å². The number of allylic oxidation sites excluding steroid dienone is 5. The van der Waals surface area contributed by atoms with Gasteiger partial charge in [-0.1, -0.05) is 71.3 Å². The minimum Gasteiger partial charge on any atom is -0.308 e. The van der Waals surface area contributed by atoms with Crippen LogP contribution in [0, 0.1) is 28.1 Å². The lowest BCUT2D eigenvalue weighted by Crippen LogP contribution is -2.39. The van der Waals surface area contributed by atoms with Crippen molar-refractivity contribution in [2.24, 2.45) is 22.7 Å². The van der Waals surface area contributed by atoms with Crippen molar-refractivity contribution < 1.29 is 0 Å². The topological polar surface area (TPSA) is 23.9 Å². The molecule has 0 spiro atoms. The van der Waals surface area contributed by atoms with Crippen LogP contribution in [0.5, 0.6) is 0 Å². The van der Waals surface area contributed by atoms with Gasteiger partial charge in [-0.15, -0.1) is 19.7 Å². The zero-order chi connectivity index (χ0) is 22.8. The van der Waals surface area contributed by atoms with Gasteiger partial charge in [0.1, 0.15) is 0 Å². The lowest BCUT2D eigenvalue weighted by molar-refractivity contribution is 0.0974. The molecule has 0 heterocycles. The SMILES string of the molecule is C=C.C=CC1CC(C)=C(C=N)CC1(C)C1CCC2=C(CCC2(C)C)C1.CC.CC. The molecule has 3 atom stereocenters. The third-order valence-electron chi connectivity index (χ3n) is 7.42. The molecule has 3 aliphatic carbocycles. The number of hydrogen-bond donors (Lipinski definition) is 1. The van der Waals surface area contributed by atoms with Crippen LogP contribution in [-0.2, 0) is 0 Å². The predicted octanol–water partition coefficient (Wildman–Crippen LogP) is 9.33. The van der Waals surface area contributed by atoms with Crippen LogP contribution in [0.3, 0.4) is 0 Å². The maximum absolute atomic E-state index is 7.79. The number of rotatable bonds is 3. The summed E-state index contributed by atoms with van der Waals surface area (Å²) >= 11 is 0. The van der Waals surface area contributed by atoms with Crippen LogP contribution in [0.2, 0.25) is 0 Å². The van der Waals surface area contributed by atoms with Crippen molar-refractivity contribution in [1.29, 1.82) is 5.41 Å². The van der Waals surface area contributed by atoms with E-state index in [1.807, 2.05) is 27.7 Å². The van der Waals surface area contributed by atoms with Gasteiger partial charge in [0.25, 0.3) is 0 Å². The Bertz CT molecular complexity index is 604. The molecule has 0 fully saturated rings. The summed E-state index contributed by atoms with van der Waals surface area (Å²) in [6, 6.07) is 0. The van der Waals surface area contributed by atoms with E-state index in [4.69, 9.17) is 5.41 Å². The van der Waals surface area contributed by atoms with E-state index in [9.17, 15) is 0 Å². The molecule has 0 aliphatic heterocycles. The van der Waals surface area contributed by atoms with Crippen LogP contribution in [0.4, 0.5) is 0 Å². The van der Waals surface area contributed by atoms with Gasteiger partial charge < -0.3 is 5.41 Å². The molecule has 166 valence electrons. The standard InChI is InChI=1S/C22H33N.2C2H6.C2H4/c1-6-18-11-15(2)17(14-23)13-22(18,5)19-7-8-20-16(12-19)9-10-21(20,3)4;3*1-2/h6,14,18-19,23H,1,7-13H2,2-5H3;2*1-2H3;1-2H2. The minimum absolute atomic E-state index is 0.277. The van der Waals surface area contributed by atoms with Gasteiger partial charge in [-0.3, -0.25) is 0 Å². The van der Waals surface area contributed by atoms with Crippen molar-refractivity contribution in [3.8, 4) is 0 Å². The van der Waals surface area contributed by atoms with E-state index in [1.54, 1.807) is 17.4 Å². The first kappa shape index (κ1) is 27.6. The van der Waals surface area contributed by atoms with Gasteiger partial charge in [0.05, 0.1) is 0 Å². The van der Waals surface area contributed by atoms with Gasteiger partial charge in [0, 0.05) is 6.21 Å². The highest BCUT2D eigenvalue weighted by molar-refractivity contribution is 5.77. The fraction of sp³-hybridized carbons (Fsp3) is 0.679. The first-order valence-electron chi connectivity index (χ1n) is 11.8. The van der Waals surface area contributed by atoms with Crippen LogP contribution in [-0.4, -0.2) is 6.21 Å². The first-order chi connectivity index (χ1) is 13.8. The highest BCUT2D eigenvalue weighted by Crippen LogP contribution is 2.57. The van der Waals surface area contributed by atoms with Crippen molar-refractivity contribution in [3.05, 3.63) is 48.1 Å². The van der Waals surface area contributed by atoms with Gasteiger partial charge in [0.2, 0.25) is 0 Å². The summed E-state index contributed by atoms with van der Waals surface area (Å²) in [4.78, 5) is 0. The second kappa shape index (κ2) is 12.4. The Morgan fingerprint density at radius 1 is 1.00 bits per heavy atom. The molecule has 0 saturated heterocycles. The Balaban J connectivity index is 0.00000120. The van der Waals surface area contributed by atoms with E-state index >= 15 is 0 Å². The third-order valence-corrected chi connectivity index (χ3v) is 7.42. The quantitative estimate of drug-likeness (QED) is 0.361. The van der Waals surface area contributed by atoms with Crippen LogP contribution < -0.4 is 0 Å². The molecule has 0 radical (unpaired) electrons. The minimum atomic E-state index is 0.277. The fourth-order valence-corrected chi connectivity index (χ4v) is 5.63. The normalized spacial score (nSPS) is 29.8. The molecule has 1 N–H and O–H groups in total. The smallest absolute Gasteiger partial charge is 0.0209 e. The Labute approximate surface area is 183 Å². The zero-order valence-corrected chi connectivity index (χ0v) is 20.9. The van der Waals surface area contributed by atoms with Crippen LogP contribution in [0.25, 0.3) is 0 Å². The molecule has 1 nitrogen and oxygen atoms in total. The second-order valence-corrected chi connectivity index (χ2v) is 9.08. The van der Waals surface area contributed by atoms with Crippen molar-refractivity contribution >= 4 is 6.21 Å². The molecule has 0 amide bonds. The van der Waals surface area contributed by atoms with Gasteiger partial charge in [0.15, 0.2) is 0 Å². The zero-order valence-electron chi connectivity index (χ0n) is 20.9. The molecule has 0 aromatic rings. The lowest BCUT2D eigenvalue weighted by Gasteiger charge is -2.48. The summed E-state index contributed by atoms with van der Waals surface area (Å²) in [6.45, 7) is 27.7. The third kappa shape index (κ3) is 5.83. The monoisotopic (exact) mass is 399 g/mol. The Morgan fingerprint density at radius 2 is 1.59 bits per heavy atom. The van der Waals surface area contributed by atoms with E-state index in [1.165, 1.54) is 43.3 Å². The average molecular weight is 400 g/mol. The summed E-state index contributed by atoms with van der Waals surface area (Å²) in [6.07, 6.45) is 12.6. The van der Waals surface area contributed by atoms with E-state index in [2.05, 4.69) is 53.5 Å². The Hall–Kier alpha value is -1.37. The molecule has 1 heteroatoms.